The summed E-state index contributed by atoms with van der Waals surface area (Å²) in [4.78, 5) is 14.9. The van der Waals surface area contributed by atoms with Gasteiger partial charge < -0.3 is 10.4 Å². The van der Waals surface area contributed by atoms with Crippen molar-refractivity contribution in [3.63, 3.8) is 0 Å². The van der Waals surface area contributed by atoms with E-state index in [-0.39, 0.29) is 4.88 Å². The quantitative estimate of drug-likeness (QED) is 0.844. The zero-order chi connectivity index (χ0) is 12.4. The normalized spacial score (nSPS) is 10.2. The van der Waals surface area contributed by atoms with Crippen LogP contribution in [0.2, 0.25) is 0 Å². The van der Waals surface area contributed by atoms with Crippen molar-refractivity contribution in [1.82, 2.24) is 4.98 Å². The molecule has 0 unspecified atom stereocenters. The summed E-state index contributed by atoms with van der Waals surface area (Å²) in [7, 11) is 0. The number of rotatable bonds is 3. The third kappa shape index (κ3) is 2.85. The molecular weight excluding hydrogens is 372 g/mol. The van der Waals surface area contributed by atoms with Crippen molar-refractivity contribution >= 4 is 60.0 Å². The van der Waals surface area contributed by atoms with E-state index in [4.69, 9.17) is 5.11 Å². The number of hydrogen-bond acceptors (Lipinski definition) is 4. The van der Waals surface area contributed by atoms with Crippen molar-refractivity contribution in [2.45, 2.75) is 0 Å². The fraction of sp³-hybridized carbons (Fsp3) is 0. The molecule has 4 nitrogen and oxygen atoms in total. The average Bonchev–Trinajstić information content (AvgIpc) is 2.72. The Morgan fingerprint density at radius 2 is 2.00 bits per heavy atom. The van der Waals surface area contributed by atoms with Crippen molar-refractivity contribution in [2.75, 3.05) is 5.32 Å². The lowest BCUT2D eigenvalue weighted by Gasteiger charge is -2.07. The van der Waals surface area contributed by atoms with Gasteiger partial charge >= 0.3 is 5.97 Å². The Balaban J connectivity index is 2.28. The summed E-state index contributed by atoms with van der Waals surface area (Å²) >= 11 is 7.91. The number of halogens is 2. The number of carboxylic acids is 1. The van der Waals surface area contributed by atoms with Gasteiger partial charge in [0, 0.05) is 8.95 Å². The molecule has 0 aliphatic rings. The first-order valence-corrected chi connectivity index (χ1v) is 6.88. The lowest BCUT2D eigenvalue weighted by Crippen LogP contribution is -1.91. The number of hydrogen-bond donors (Lipinski definition) is 2. The van der Waals surface area contributed by atoms with Crippen LogP contribution < -0.4 is 5.32 Å². The van der Waals surface area contributed by atoms with Gasteiger partial charge in [-0.2, -0.15) is 0 Å². The average molecular weight is 378 g/mol. The number of nitrogens with zero attached hydrogens (tertiary/aromatic N) is 1. The third-order valence-electron chi connectivity index (χ3n) is 1.91. The molecule has 0 radical (unpaired) electrons. The maximum Gasteiger partial charge on any atom is 0.347 e. The highest BCUT2D eigenvalue weighted by atomic mass is 79.9. The highest BCUT2D eigenvalue weighted by molar-refractivity contribution is 9.11. The van der Waals surface area contributed by atoms with Gasteiger partial charge in [0.05, 0.1) is 11.9 Å². The molecule has 0 aliphatic carbocycles. The van der Waals surface area contributed by atoms with Gasteiger partial charge in [-0.3, -0.25) is 0 Å². The molecule has 1 aromatic carbocycles. The van der Waals surface area contributed by atoms with Crippen molar-refractivity contribution in [2.24, 2.45) is 0 Å². The second-order valence-corrected chi connectivity index (χ2v) is 5.80. The van der Waals surface area contributed by atoms with Crippen LogP contribution >= 0.6 is 43.2 Å². The molecule has 2 aromatic rings. The standard InChI is InChI=1S/C10H6Br2N2O2S/c11-5-2-1-3-6(12)8(5)14-10-13-4-7(17-10)9(15)16/h1-4H,(H,13,14)(H,15,16). The van der Waals surface area contributed by atoms with Crippen LogP contribution in [0.4, 0.5) is 10.8 Å². The minimum Gasteiger partial charge on any atom is -0.477 e. The van der Waals surface area contributed by atoms with Gasteiger partial charge in [0.2, 0.25) is 0 Å². The fourth-order valence-corrected chi connectivity index (χ4v) is 3.01. The molecule has 0 saturated carbocycles. The van der Waals surface area contributed by atoms with Crippen molar-refractivity contribution in [1.29, 1.82) is 0 Å². The van der Waals surface area contributed by atoms with E-state index >= 15 is 0 Å². The first-order valence-electron chi connectivity index (χ1n) is 4.48. The van der Waals surface area contributed by atoms with E-state index in [0.29, 0.717) is 5.13 Å². The number of benzene rings is 1. The minimum atomic E-state index is -0.971. The monoisotopic (exact) mass is 376 g/mol. The Morgan fingerprint density at radius 1 is 1.35 bits per heavy atom. The van der Waals surface area contributed by atoms with Crippen LogP contribution in [0.1, 0.15) is 9.67 Å². The van der Waals surface area contributed by atoms with Crippen LogP contribution in [0.25, 0.3) is 0 Å². The Labute approximate surface area is 118 Å². The van der Waals surface area contributed by atoms with Crippen molar-refractivity contribution in [3.05, 3.63) is 38.2 Å². The minimum absolute atomic E-state index is 0.204. The van der Waals surface area contributed by atoms with Crippen LogP contribution in [-0.4, -0.2) is 16.1 Å². The second-order valence-electron chi connectivity index (χ2n) is 3.06. The zero-order valence-corrected chi connectivity index (χ0v) is 12.3. The lowest BCUT2D eigenvalue weighted by atomic mass is 10.3. The van der Waals surface area contributed by atoms with Crippen molar-refractivity contribution in [3.8, 4) is 0 Å². The summed E-state index contributed by atoms with van der Waals surface area (Å²) in [5.41, 5.74) is 0.818. The second kappa shape index (κ2) is 5.16. The Hall–Kier alpha value is -0.920. The smallest absolute Gasteiger partial charge is 0.347 e. The summed E-state index contributed by atoms with van der Waals surface area (Å²) in [6.45, 7) is 0. The summed E-state index contributed by atoms with van der Waals surface area (Å²) in [6.07, 6.45) is 1.33. The molecule has 1 heterocycles. The molecular formula is C10H6Br2N2O2S. The van der Waals surface area contributed by atoms with E-state index in [0.717, 1.165) is 26.0 Å². The number of para-hydroxylation sites is 1. The number of nitrogens with one attached hydrogen (secondary N) is 1. The van der Waals surface area contributed by atoms with Crippen LogP contribution in [0.5, 0.6) is 0 Å². The Kier molecular flexibility index (Phi) is 3.80. The predicted molar refractivity (Wildman–Crippen MR) is 74.2 cm³/mol. The molecule has 17 heavy (non-hydrogen) atoms. The van der Waals surface area contributed by atoms with Crippen LogP contribution in [0.3, 0.4) is 0 Å². The molecule has 88 valence electrons. The van der Waals surface area contributed by atoms with Crippen LogP contribution in [0, 0.1) is 0 Å². The molecule has 2 rings (SSSR count). The van der Waals surface area contributed by atoms with E-state index < -0.39 is 5.97 Å². The molecule has 0 spiro atoms. The van der Waals surface area contributed by atoms with Crippen molar-refractivity contribution < 1.29 is 9.90 Å². The number of anilines is 2. The first-order chi connectivity index (χ1) is 8.08. The van der Waals surface area contributed by atoms with Gasteiger partial charge in [0.15, 0.2) is 5.13 Å². The maximum absolute atomic E-state index is 10.7. The molecule has 0 aliphatic heterocycles. The van der Waals surface area contributed by atoms with E-state index in [1.54, 1.807) is 0 Å². The van der Waals surface area contributed by atoms with Gasteiger partial charge in [-0.1, -0.05) is 17.4 Å². The highest BCUT2D eigenvalue weighted by Gasteiger charge is 2.11. The zero-order valence-electron chi connectivity index (χ0n) is 8.28. The van der Waals surface area contributed by atoms with Crippen LogP contribution in [-0.2, 0) is 0 Å². The van der Waals surface area contributed by atoms with E-state index in [9.17, 15) is 4.79 Å². The number of aromatic carboxylic acids is 1. The molecule has 0 fully saturated rings. The van der Waals surface area contributed by atoms with Gasteiger partial charge in [-0.05, 0) is 44.0 Å². The number of carboxylic acid groups (broad SMARTS) is 1. The highest BCUT2D eigenvalue weighted by Crippen LogP contribution is 2.34. The lowest BCUT2D eigenvalue weighted by molar-refractivity contribution is 0.0702. The summed E-state index contributed by atoms with van der Waals surface area (Å²) in [5.74, 6) is -0.971. The summed E-state index contributed by atoms with van der Waals surface area (Å²) in [5, 5.41) is 12.4. The largest absolute Gasteiger partial charge is 0.477 e. The summed E-state index contributed by atoms with van der Waals surface area (Å²) < 4.78 is 1.75. The van der Waals surface area contributed by atoms with Gasteiger partial charge in [0.25, 0.3) is 0 Å². The summed E-state index contributed by atoms with van der Waals surface area (Å²) in [6, 6.07) is 5.67. The fourth-order valence-electron chi connectivity index (χ4n) is 1.15. The molecule has 1 aromatic heterocycles. The number of carbonyl (C=O) groups is 1. The molecule has 0 saturated heterocycles. The van der Waals surface area contributed by atoms with Gasteiger partial charge in [-0.25, -0.2) is 9.78 Å². The SMILES string of the molecule is O=C(O)c1cnc(Nc2c(Br)cccc2Br)s1. The maximum atomic E-state index is 10.7. The molecule has 0 amide bonds. The van der Waals surface area contributed by atoms with Crippen LogP contribution in [0.15, 0.2) is 33.3 Å². The number of thiazole rings is 1. The molecule has 7 heteroatoms. The van der Waals surface area contributed by atoms with E-state index in [2.05, 4.69) is 42.2 Å². The van der Waals surface area contributed by atoms with Gasteiger partial charge in [0.1, 0.15) is 4.88 Å². The van der Waals surface area contributed by atoms with Gasteiger partial charge in [-0.15, -0.1) is 0 Å². The number of aromatic nitrogens is 1. The molecule has 0 atom stereocenters. The topological polar surface area (TPSA) is 62.2 Å². The predicted octanol–water partition coefficient (Wildman–Crippen LogP) is 4.11. The molecule has 0 bridgehead atoms. The Bertz CT molecular complexity index is 551. The van der Waals surface area contributed by atoms with E-state index in [1.165, 1.54) is 6.20 Å². The molecule has 2 N–H and O–H groups in total. The van der Waals surface area contributed by atoms with E-state index in [1.807, 2.05) is 18.2 Å². The Morgan fingerprint density at radius 3 is 2.53 bits per heavy atom. The third-order valence-corrected chi connectivity index (χ3v) is 4.13. The first kappa shape index (κ1) is 12.5.